The zero-order valence-corrected chi connectivity index (χ0v) is 14.6. The fraction of sp³-hybridized carbons (Fsp3) is 0.429. The fourth-order valence-electron chi connectivity index (χ4n) is 4.00. The SMILES string of the molecule is O=C(c1ccccc1)N1CCCC[C@H]1c1ccc(N2CCCC2)nc1. The Morgan fingerprint density at radius 3 is 2.40 bits per heavy atom. The molecular formula is C21H25N3O. The molecule has 0 radical (unpaired) electrons. The number of hydrogen-bond donors (Lipinski definition) is 0. The van der Waals surface area contributed by atoms with E-state index in [4.69, 9.17) is 4.98 Å². The van der Waals surface area contributed by atoms with Crippen molar-refractivity contribution in [2.75, 3.05) is 24.5 Å². The molecule has 2 aliphatic heterocycles. The molecule has 2 saturated heterocycles. The van der Waals surface area contributed by atoms with Gasteiger partial charge in [-0.05, 0) is 55.9 Å². The lowest BCUT2D eigenvalue weighted by Crippen LogP contribution is -2.38. The summed E-state index contributed by atoms with van der Waals surface area (Å²) < 4.78 is 0. The lowest BCUT2D eigenvalue weighted by atomic mass is 9.95. The summed E-state index contributed by atoms with van der Waals surface area (Å²) >= 11 is 0. The summed E-state index contributed by atoms with van der Waals surface area (Å²) in [5.74, 6) is 1.20. The van der Waals surface area contributed by atoms with Crippen LogP contribution < -0.4 is 4.90 Å². The number of anilines is 1. The molecule has 0 aliphatic carbocycles. The molecule has 4 heteroatoms. The van der Waals surface area contributed by atoms with Crippen LogP contribution in [0.3, 0.4) is 0 Å². The van der Waals surface area contributed by atoms with Gasteiger partial charge in [0.2, 0.25) is 0 Å². The summed E-state index contributed by atoms with van der Waals surface area (Å²) in [6, 6.07) is 14.1. The Kier molecular flexibility index (Phi) is 4.68. The lowest BCUT2D eigenvalue weighted by molar-refractivity contribution is 0.0611. The highest BCUT2D eigenvalue weighted by Crippen LogP contribution is 2.32. The predicted octanol–water partition coefficient (Wildman–Crippen LogP) is 4.05. The second-order valence-corrected chi connectivity index (χ2v) is 7.02. The van der Waals surface area contributed by atoms with Crippen LogP contribution in [-0.4, -0.2) is 35.4 Å². The quantitative estimate of drug-likeness (QED) is 0.849. The van der Waals surface area contributed by atoms with Crippen LogP contribution in [0.25, 0.3) is 0 Å². The van der Waals surface area contributed by atoms with E-state index < -0.39 is 0 Å². The van der Waals surface area contributed by atoms with Gasteiger partial charge in [-0.2, -0.15) is 0 Å². The Morgan fingerprint density at radius 1 is 0.920 bits per heavy atom. The maximum Gasteiger partial charge on any atom is 0.254 e. The number of likely N-dealkylation sites (tertiary alicyclic amines) is 1. The number of amides is 1. The first kappa shape index (κ1) is 16.1. The van der Waals surface area contributed by atoms with Crippen LogP contribution in [-0.2, 0) is 0 Å². The van der Waals surface area contributed by atoms with Crippen molar-refractivity contribution in [3.63, 3.8) is 0 Å². The van der Waals surface area contributed by atoms with Crippen molar-refractivity contribution < 1.29 is 4.79 Å². The van der Waals surface area contributed by atoms with Gasteiger partial charge in [0.25, 0.3) is 5.91 Å². The van der Waals surface area contributed by atoms with Gasteiger partial charge in [0.15, 0.2) is 0 Å². The van der Waals surface area contributed by atoms with Crippen LogP contribution in [0.15, 0.2) is 48.7 Å². The third kappa shape index (κ3) is 3.39. The molecule has 2 aliphatic rings. The zero-order chi connectivity index (χ0) is 17.1. The monoisotopic (exact) mass is 335 g/mol. The Morgan fingerprint density at radius 2 is 1.68 bits per heavy atom. The minimum atomic E-state index is 0.133. The van der Waals surface area contributed by atoms with Crippen molar-refractivity contribution in [1.82, 2.24) is 9.88 Å². The maximum atomic E-state index is 13.0. The lowest BCUT2D eigenvalue weighted by Gasteiger charge is -2.36. The number of nitrogens with zero attached hydrogens (tertiary/aromatic N) is 3. The first-order valence-corrected chi connectivity index (χ1v) is 9.40. The number of carbonyl (C=O) groups excluding carboxylic acids is 1. The highest BCUT2D eigenvalue weighted by Gasteiger charge is 2.29. The van der Waals surface area contributed by atoms with E-state index in [1.807, 2.05) is 41.4 Å². The molecule has 1 aromatic carbocycles. The third-order valence-corrected chi connectivity index (χ3v) is 5.37. The van der Waals surface area contributed by atoms with E-state index in [0.29, 0.717) is 0 Å². The summed E-state index contributed by atoms with van der Waals surface area (Å²) in [4.78, 5) is 22.0. The van der Waals surface area contributed by atoms with Crippen molar-refractivity contribution in [3.05, 3.63) is 59.8 Å². The molecule has 25 heavy (non-hydrogen) atoms. The number of pyridine rings is 1. The second-order valence-electron chi connectivity index (χ2n) is 7.02. The van der Waals surface area contributed by atoms with Gasteiger partial charge in [-0.1, -0.05) is 24.3 Å². The fourth-order valence-corrected chi connectivity index (χ4v) is 4.00. The molecule has 1 atom stereocenters. The third-order valence-electron chi connectivity index (χ3n) is 5.37. The smallest absolute Gasteiger partial charge is 0.254 e. The first-order valence-electron chi connectivity index (χ1n) is 9.40. The van der Waals surface area contributed by atoms with E-state index in [-0.39, 0.29) is 11.9 Å². The minimum Gasteiger partial charge on any atom is -0.357 e. The van der Waals surface area contributed by atoms with Crippen LogP contribution >= 0.6 is 0 Å². The molecule has 130 valence electrons. The van der Waals surface area contributed by atoms with Crippen LogP contribution in [0.4, 0.5) is 5.82 Å². The molecule has 1 aromatic heterocycles. The Balaban J connectivity index is 1.55. The first-order chi connectivity index (χ1) is 12.3. The highest BCUT2D eigenvalue weighted by atomic mass is 16.2. The number of carbonyl (C=O) groups is 1. The van der Waals surface area contributed by atoms with E-state index >= 15 is 0 Å². The Bertz CT molecular complexity index is 708. The van der Waals surface area contributed by atoms with Crippen LogP contribution in [0.5, 0.6) is 0 Å². The van der Waals surface area contributed by atoms with Crippen LogP contribution in [0.2, 0.25) is 0 Å². The summed E-state index contributed by atoms with van der Waals surface area (Å²) in [6.45, 7) is 3.04. The Labute approximate surface area is 149 Å². The standard InChI is InChI=1S/C21H25N3O/c25-21(17-8-2-1-3-9-17)24-15-5-4-10-19(24)18-11-12-20(22-16-18)23-13-6-7-14-23/h1-3,8-9,11-12,16,19H,4-7,10,13-15H2/t19-/m0/s1. The average molecular weight is 335 g/mol. The summed E-state index contributed by atoms with van der Waals surface area (Å²) in [6.07, 6.45) is 7.75. The zero-order valence-electron chi connectivity index (χ0n) is 14.6. The molecule has 0 bridgehead atoms. The van der Waals surface area contributed by atoms with Crippen LogP contribution in [0, 0.1) is 0 Å². The van der Waals surface area contributed by atoms with Gasteiger partial charge in [-0.25, -0.2) is 4.98 Å². The average Bonchev–Trinajstić information content (AvgIpc) is 3.23. The molecule has 4 rings (SSSR count). The van der Waals surface area contributed by atoms with E-state index in [9.17, 15) is 4.79 Å². The molecule has 0 spiro atoms. The largest absolute Gasteiger partial charge is 0.357 e. The van der Waals surface area contributed by atoms with Crippen LogP contribution in [0.1, 0.15) is 54.1 Å². The maximum absolute atomic E-state index is 13.0. The molecule has 1 amide bonds. The summed E-state index contributed by atoms with van der Waals surface area (Å²) in [5, 5.41) is 0. The van der Waals surface area contributed by atoms with Crippen molar-refractivity contribution in [2.45, 2.75) is 38.1 Å². The van der Waals surface area contributed by atoms with E-state index in [1.54, 1.807) is 0 Å². The molecular weight excluding hydrogens is 310 g/mol. The molecule has 0 saturated carbocycles. The van der Waals surface area contributed by atoms with E-state index in [2.05, 4.69) is 17.0 Å². The normalized spacial score (nSPS) is 20.7. The number of benzene rings is 1. The van der Waals surface area contributed by atoms with Crippen molar-refractivity contribution in [3.8, 4) is 0 Å². The van der Waals surface area contributed by atoms with Gasteiger partial charge < -0.3 is 9.80 Å². The van der Waals surface area contributed by atoms with Gasteiger partial charge in [-0.3, -0.25) is 4.79 Å². The number of piperidine rings is 1. The molecule has 2 fully saturated rings. The molecule has 4 nitrogen and oxygen atoms in total. The van der Waals surface area contributed by atoms with Gasteiger partial charge >= 0.3 is 0 Å². The topological polar surface area (TPSA) is 36.4 Å². The van der Waals surface area contributed by atoms with Crippen molar-refractivity contribution >= 4 is 11.7 Å². The van der Waals surface area contributed by atoms with Gasteiger partial charge in [0.1, 0.15) is 5.82 Å². The summed E-state index contributed by atoms with van der Waals surface area (Å²) in [5.41, 5.74) is 1.93. The molecule has 2 aromatic rings. The highest BCUT2D eigenvalue weighted by molar-refractivity contribution is 5.94. The van der Waals surface area contributed by atoms with Gasteiger partial charge in [0, 0.05) is 31.4 Å². The molecule has 3 heterocycles. The number of aromatic nitrogens is 1. The molecule has 0 N–H and O–H groups in total. The summed E-state index contributed by atoms with van der Waals surface area (Å²) in [7, 11) is 0. The minimum absolute atomic E-state index is 0.133. The van der Waals surface area contributed by atoms with E-state index in [1.165, 1.54) is 12.8 Å². The Hall–Kier alpha value is -2.36. The number of hydrogen-bond acceptors (Lipinski definition) is 3. The van der Waals surface area contributed by atoms with Crippen molar-refractivity contribution in [1.29, 1.82) is 0 Å². The van der Waals surface area contributed by atoms with E-state index in [0.717, 1.165) is 55.8 Å². The second kappa shape index (κ2) is 7.26. The predicted molar refractivity (Wildman–Crippen MR) is 99.8 cm³/mol. The van der Waals surface area contributed by atoms with Gasteiger partial charge in [-0.15, -0.1) is 0 Å². The number of rotatable bonds is 3. The van der Waals surface area contributed by atoms with Crippen molar-refractivity contribution in [2.24, 2.45) is 0 Å². The molecule has 0 unspecified atom stereocenters. The van der Waals surface area contributed by atoms with Gasteiger partial charge in [0.05, 0.1) is 6.04 Å².